The van der Waals surface area contributed by atoms with E-state index in [1.54, 1.807) is 19.2 Å². The average Bonchev–Trinajstić information content (AvgIpc) is 3.28. The molecule has 1 fully saturated rings. The molecule has 3 rings (SSSR count). The number of aliphatic hydroxyl groups is 1. The van der Waals surface area contributed by atoms with Gasteiger partial charge in [-0.3, -0.25) is 14.6 Å². The Morgan fingerprint density at radius 2 is 2.07 bits per heavy atom. The van der Waals surface area contributed by atoms with E-state index in [0.29, 0.717) is 11.5 Å². The number of aromatic nitrogens is 2. The van der Waals surface area contributed by atoms with Gasteiger partial charge in [0.15, 0.2) is 0 Å². The zero-order chi connectivity index (χ0) is 21.1. The highest BCUT2D eigenvalue weighted by Crippen LogP contribution is 2.31. The summed E-state index contributed by atoms with van der Waals surface area (Å²) in [6.07, 6.45) is 1.12. The average molecular weight is 400 g/mol. The third-order valence-electron chi connectivity index (χ3n) is 5.24. The van der Waals surface area contributed by atoms with Crippen LogP contribution in [0.5, 0.6) is 0 Å². The van der Waals surface area contributed by atoms with Crippen molar-refractivity contribution in [3.63, 3.8) is 0 Å². The number of nitrogens with one attached hydrogen (secondary N) is 1. The molecule has 0 saturated carbocycles. The first-order valence-electron chi connectivity index (χ1n) is 9.91. The van der Waals surface area contributed by atoms with Crippen LogP contribution in [-0.2, 0) is 9.59 Å². The van der Waals surface area contributed by atoms with Crippen molar-refractivity contribution in [2.75, 3.05) is 6.54 Å². The van der Waals surface area contributed by atoms with Crippen molar-refractivity contribution in [3.8, 4) is 0 Å². The van der Waals surface area contributed by atoms with Gasteiger partial charge in [-0.2, -0.15) is 0 Å². The molecule has 156 valence electrons. The van der Waals surface area contributed by atoms with Crippen molar-refractivity contribution < 1.29 is 19.2 Å². The highest BCUT2D eigenvalue weighted by atomic mass is 16.5. The molecular formula is C21H28N4O4. The number of hydrogen-bond acceptors (Lipinski definition) is 6. The Balaban J connectivity index is 1.78. The molecule has 1 aliphatic rings. The Bertz CT molecular complexity index is 851. The van der Waals surface area contributed by atoms with Gasteiger partial charge in [-0.05, 0) is 31.9 Å². The Morgan fingerprint density at radius 1 is 1.31 bits per heavy atom. The molecule has 8 nitrogen and oxygen atoms in total. The number of hydrogen-bond donors (Lipinski definition) is 2. The Morgan fingerprint density at radius 3 is 2.66 bits per heavy atom. The first kappa shape index (κ1) is 21.0. The van der Waals surface area contributed by atoms with Gasteiger partial charge in [-0.25, -0.2) is 0 Å². The van der Waals surface area contributed by atoms with Crippen LogP contribution in [0.2, 0.25) is 0 Å². The maximum absolute atomic E-state index is 13.3. The van der Waals surface area contributed by atoms with Crippen LogP contribution in [0.1, 0.15) is 56.3 Å². The van der Waals surface area contributed by atoms with E-state index in [4.69, 9.17) is 4.52 Å². The summed E-state index contributed by atoms with van der Waals surface area (Å²) < 4.78 is 5.34. The van der Waals surface area contributed by atoms with Crippen LogP contribution in [0.25, 0.3) is 0 Å². The second-order valence-electron chi connectivity index (χ2n) is 7.97. The minimum Gasteiger partial charge on any atom is -0.391 e. The summed E-state index contributed by atoms with van der Waals surface area (Å²) in [7, 11) is 0. The van der Waals surface area contributed by atoms with Crippen LogP contribution in [0.15, 0.2) is 35.0 Å². The quantitative estimate of drug-likeness (QED) is 0.767. The second-order valence-corrected chi connectivity index (χ2v) is 7.97. The SMILES string of the molecule is Cc1cc([C@H](C(=O)N2C[C@H](O)C[C@H]2C(=O)N[C@@H](C)c2ccccn2)C(C)C)on1. The molecule has 0 aliphatic carbocycles. The van der Waals surface area contributed by atoms with Crippen molar-refractivity contribution in [1.82, 2.24) is 20.4 Å². The molecule has 0 aromatic carbocycles. The molecule has 2 amide bonds. The molecule has 2 N–H and O–H groups in total. The van der Waals surface area contributed by atoms with E-state index in [1.165, 1.54) is 4.90 Å². The third kappa shape index (κ3) is 4.64. The van der Waals surface area contributed by atoms with Crippen molar-refractivity contribution in [1.29, 1.82) is 0 Å². The van der Waals surface area contributed by atoms with Gasteiger partial charge in [0.1, 0.15) is 17.7 Å². The first-order chi connectivity index (χ1) is 13.8. The molecule has 0 unspecified atom stereocenters. The van der Waals surface area contributed by atoms with Gasteiger partial charge in [-0.1, -0.05) is 25.1 Å². The molecular weight excluding hydrogens is 372 g/mol. The lowest BCUT2D eigenvalue weighted by atomic mass is 9.91. The van der Waals surface area contributed by atoms with Gasteiger partial charge in [0.05, 0.1) is 23.5 Å². The molecule has 1 saturated heterocycles. The van der Waals surface area contributed by atoms with Crippen molar-refractivity contribution in [2.45, 2.75) is 58.2 Å². The van der Waals surface area contributed by atoms with Crippen LogP contribution < -0.4 is 5.32 Å². The summed E-state index contributed by atoms with van der Waals surface area (Å²) in [5, 5.41) is 17.0. The molecule has 29 heavy (non-hydrogen) atoms. The normalized spacial score (nSPS) is 21.2. The van der Waals surface area contributed by atoms with Crippen LogP contribution in [-0.4, -0.2) is 50.7 Å². The number of amides is 2. The molecule has 0 spiro atoms. The van der Waals surface area contributed by atoms with Gasteiger partial charge in [-0.15, -0.1) is 0 Å². The molecule has 3 heterocycles. The topological polar surface area (TPSA) is 109 Å². The fraction of sp³-hybridized carbons (Fsp3) is 0.524. The molecule has 8 heteroatoms. The van der Waals surface area contributed by atoms with Crippen molar-refractivity contribution >= 4 is 11.8 Å². The van der Waals surface area contributed by atoms with Crippen molar-refractivity contribution in [2.24, 2.45) is 5.92 Å². The third-order valence-corrected chi connectivity index (χ3v) is 5.24. The van der Waals surface area contributed by atoms with Gasteiger partial charge in [0.2, 0.25) is 11.8 Å². The summed E-state index contributed by atoms with van der Waals surface area (Å²) in [4.78, 5) is 32.0. The molecule has 4 atom stereocenters. The predicted octanol–water partition coefficient (Wildman–Crippen LogP) is 1.96. The van der Waals surface area contributed by atoms with Gasteiger partial charge >= 0.3 is 0 Å². The van der Waals surface area contributed by atoms with Crippen molar-refractivity contribution in [3.05, 3.63) is 47.6 Å². The lowest BCUT2D eigenvalue weighted by Crippen LogP contribution is -2.48. The zero-order valence-corrected chi connectivity index (χ0v) is 17.2. The smallest absolute Gasteiger partial charge is 0.243 e. The first-order valence-corrected chi connectivity index (χ1v) is 9.91. The molecule has 2 aromatic heterocycles. The predicted molar refractivity (Wildman–Crippen MR) is 106 cm³/mol. The summed E-state index contributed by atoms with van der Waals surface area (Å²) in [6, 6.07) is 6.19. The molecule has 0 radical (unpaired) electrons. The van der Waals surface area contributed by atoms with E-state index in [1.807, 2.05) is 39.0 Å². The number of aliphatic hydroxyl groups excluding tert-OH is 1. The van der Waals surface area contributed by atoms with E-state index >= 15 is 0 Å². The number of nitrogens with zero attached hydrogens (tertiary/aromatic N) is 3. The monoisotopic (exact) mass is 400 g/mol. The summed E-state index contributed by atoms with van der Waals surface area (Å²) in [5.41, 5.74) is 1.42. The van der Waals surface area contributed by atoms with Gasteiger partial charge < -0.3 is 19.8 Å². The fourth-order valence-electron chi connectivity index (χ4n) is 3.77. The number of likely N-dealkylation sites (tertiary alicyclic amines) is 1. The maximum Gasteiger partial charge on any atom is 0.243 e. The van der Waals surface area contributed by atoms with Gasteiger partial charge in [0, 0.05) is 25.2 Å². The minimum atomic E-state index is -0.746. The molecule has 1 aliphatic heterocycles. The number of pyridine rings is 1. The summed E-state index contributed by atoms with van der Waals surface area (Å²) >= 11 is 0. The molecule has 2 aromatic rings. The van der Waals surface area contributed by atoms with Crippen LogP contribution in [0.4, 0.5) is 0 Å². The number of rotatable bonds is 6. The van der Waals surface area contributed by atoms with E-state index in [0.717, 1.165) is 5.69 Å². The lowest BCUT2D eigenvalue weighted by Gasteiger charge is -2.29. The summed E-state index contributed by atoms with van der Waals surface area (Å²) in [5.74, 6) is -0.679. The van der Waals surface area contributed by atoms with Crippen LogP contribution in [0, 0.1) is 12.8 Å². The highest BCUT2D eigenvalue weighted by molar-refractivity contribution is 5.91. The lowest BCUT2D eigenvalue weighted by molar-refractivity contribution is -0.141. The second kappa shape index (κ2) is 8.73. The number of aryl methyl sites for hydroxylation is 1. The minimum absolute atomic E-state index is 0.0521. The number of carbonyl (C=O) groups is 2. The van der Waals surface area contributed by atoms with Gasteiger partial charge in [0.25, 0.3) is 0 Å². The number of β-amino-alcohol motifs (C(OH)–C–C–N with tert-alkyl or cyclic N) is 1. The maximum atomic E-state index is 13.3. The van der Waals surface area contributed by atoms with E-state index in [9.17, 15) is 14.7 Å². The van der Waals surface area contributed by atoms with E-state index in [-0.39, 0.29) is 36.7 Å². The van der Waals surface area contributed by atoms with E-state index in [2.05, 4.69) is 15.5 Å². The Hall–Kier alpha value is -2.74. The van der Waals surface area contributed by atoms with E-state index < -0.39 is 18.1 Å². The molecule has 0 bridgehead atoms. The van der Waals surface area contributed by atoms with Crippen LogP contribution in [0.3, 0.4) is 0 Å². The number of carbonyl (C=O) groups excluding carboxylic acids is 2. The highest BCUT2D eigenvalue weighted by Gasteiger charge is 2.43. The Kier molecular flexibility index (Phi) is 6.32. The standard InChI is InChI=1S/C21H28N4O4/c1-12(2)19(18-9-13(3)24-29-18)21(28)25-11-15(26)10-17(25)20(27)23-14(4)16-7-5-6-8-22-16/h5-9,12,14-15,17,19,26H,10-11H2,1-4H3,(H,23,27)/t14-,15+,17-,19+/m0/s1. The summed E-state index contributed by atoms with van der Waals surface area (Å²) in [6.45, 7) is 7.59. The largest absolute Gasteiger partial charge is 0.391 e. The van der Waals surface area contributed by atoms with Crippen LogP contribution >= 0.6 is 0 Å². The zero-order valence-electron chi connectivity index (χ0n) is 17.2. The Labute approximate surface area is 170 Å². The fourth-order valence-corrected chi connectivity index (χ4v) is 3.77.